The summed E-state index contributed by atoms with van der Waals surface area (Å²) in [4.78, 5) is 2.33. The smallest absolute Gasteiger partial charge is 0.0750 e. The van der Waals surface area contributed by atoms with Crippen LogP contribution in [0, 0.1) is 67.0 Å². The van der Waals surface area contributed by atoms with E-state index in [4.69, 9.17) is 23.7 Å². The van der Waals surface area contributed by atoms with E-state index < -0.39 is 0 Å². The first-order chi connectivity index (χ1) is 38.3. The van der Waals surface area contributed by atoms with E-state index in [-0.39, 0.29) is 5.41 Å². The van der Waals surface area contributed by atoms with Crippen LogP contribution in [0.2, 0.25) is 0 Å². The third-order valence-corrected chi connectivity index (χ3v) is 19.1. The highest BCUT2D eigenvalue weighted by molar-refractivity contribution is 5.22. The molecule has 0 aromatic heterocycles. The van der Waals surface area contributed by atoms with Crippen LogP contribution >= 0.6 is 0 Å². The molecule has 0 spiro atoms. The van der Waals surface area contributed by atoms with Gasteiger partial charge < -0.3 is 28.6 Å². The molecular formula is C78H151NO5. The van der Waals surface area contributed by atoms with Gasteiger partial charge in [-0.3, -0.25) is 0 Å². The van der Waals surface area contributed by atoms with E-state index in [9.17, 15) is 0 Å². The summed E-state index contributed by atoms with van der Waals surface area (Å²) in [5.41, 5.74) is 5.26. The van der Waals surface area contributed by atoms with Gasteiger partial charge in [0.25, 0.3) is 0 Å². The van der Waals surface area contributed by atoms with Crippen molar-refractivity contribution in [1.29, 1.82) is 0 Å². The van der Waals surface area contributed by atoms with E-state index in [1.54, 1.807) is 0 Å². The van der Waals surface area contributed by atoms with Gasteiger partial charge in [0, 0.05) is 38.8 Å². The molecule has 6 heteroatoms. The number of benzene rings is 1. The van der Waals surface area contributed by atoms with E-state index in [1.165, 1.54) is 128 Å². The third kappa shape index (κ3) is 37.2. The summed E-state index contributed by atoms with van der Waals surface area (Å²) in [5.74, 6) is 3.87. The Balaban J connectivity index is 0.000000474. The van der Waals surface area contributed by atoms with Crippen molar-refractivity contribution in [2.24, 2.45) is 67.0 Å². The monoisotopic (exact) mass is 1180 g/mol. The van der Waals surface area contributed by atoms with E-state index in [0.717, 1.165) is 76.4 Å². The maximum atomic E-state index is 5.67. The Morgan fingerprint density at radius 2 is 0.619 bits per heavy atom. The fourth-order valence-electron chi connectivity index (χ4n) is 11.8. The molecule has 1 aromatic carbocycles. The lowest BCUT2D eigenvalue weighted by Gasteiger charge is -2.37. The first-order valence-corrected chi connectivity index (χ1v) is 35.1. The van der Waals surface area contributed by atoms with E-state index >= 15 is 0 Å². The summed E-state index contributed by atoms with van der Waals surface area (Å²) in [6.07, 6.45) is 28.4. The third-order valence-electron chi connectivity index (χ3n) is 19.1. The largest absolute Gasteiger partial charge is 0.381 e. The highest BCUT2D eigenvalue weighted by Crippen LogP contribution is 2.44. The first kappa shape index (κ1) is 81.0. The zero-order valence-electron chi connectivity index (χ0n) is 62.1. The first-order valence-electron chi connectivity index (χ1n) is 35.1. The molecule has 3 saturated carbocycles. The standard InChI is InChI=1S/C10H20.C10H14.C9H19NO.2C9H18O.C9H18.C8H16O.C7H14O.C7H14/c2*1-10(2,3)9-7-5-4-6-8-9;1-9(2,3)8-7-10(4)5-6-11-8;2*1-9(2,3)8-6-4-5-7-10-8;1-9(2,3)8-6-4-5-7-8;1-8(2,3)7-5-4-6-9-7;1-7(2,3)6-4-8-5-6;1-7(2,3)6-4-5-6/h9H,4-8H2,1-3H3;4-8H,1-3H3;8H,5-7H2,1-4H3;2*8H,4-7H2,1-3H3;8H,4-7H2,1-3H3;7H,4-6H2,1-3H3;6H,4-5H2,1-3H3;6H,4-5H2,1-3H3. The van der Waals surface area contributed by atoms with Crippen LogP contribution in [0.3, 0.4) is 0 Å². The SMILES string of the molecule is CC(C)(C)C1CC1.CC(C)(C)C1CCCC1.CC(C)(C)C1CCCCC1.CC(C)(C)C1CCCCO1.CC(C)(C)C1CCCCO1.CC(C)(C)C1CCCO1.CC(C)(C)C1COC1.CC(C)(C)c1ccccc1.CN1CCOC(C(C)(C)C)C1. The molecule has 6 nitrogen and oxygen atoms in total. The van der Waals surface area contributed by atoms with Crippen molar-refractivity contribution in [3.05, 3.63) is 35.9 Å². The summed E-state index contributed by atoms with van der Waals surface area (Å²) in [5, 5.41) is 0. The molecule has 0 radical (unpaired) electrons. The highest BCUT2D eigenvalue weighted by atomic mass is 16.5. The Hall–Kier alpha value is -1.02. The van der Waals surface area contributed by atoms with Crippen molar-refractivity contribution in [1.82, 2.24) is 4.90 Å². The van der Waals surface area contributed by atoms with Crippen molar-refractivity contribution in [3.63, 3.8) is 0 Å². The number of likely N-dealkylation sites (N-methyl/N-ethyl adjacent to an activating group) is 1. The van der Waals surface area contributed by atoms with Gasteiger partial charge in [-0.05, 0) is 169 Å². The van der Waals surface area contributed by atoms with E-state index in [0.29, 0.717) is 67.7 Å². The second-order valence-electron chi connectivity index (χ2n) is 36.7. The lowest BCUT2D eigenvalue weighted by Crippen LogP contribution is -2.46. The van der Waals surface area contributed by atoms with Gasteiger partial charge in [0.15, 0.2) is 0 Å². The predicted molar refractivity (Wildman–Crippen MR) is 370 cm³/mol. The van der Waals surface area contributed by atoms with Gasteiger partial charge in [-0.1, -0.05) is 249 Å². The van der Waals surface area contributed by atoms with Crippen molar-refractivity contribution >= 4 is 0 Å². The lowest BCUT2D eigenvalue weighted by atomic mass is 9.72. The summed E-state index contributed by atoms with van der Waals surface area (Å²) >= 11 is 0. The zero-order chi connectivity index (χ0) is 64.4. The van der Waals surface area contributed by atoms with Crippen LogP contribution in [0.15, 0.2) is 30.3 Å². The highest BCUT2D eigenvalue weighted by Gasteiger charge is 2.35. The van der Waals surface area contributed by atoms with Gasteiger partial charge in [0.2, 0.25) is 0 Å². The molecule has 8 fully saturated rings. The Labute approximate surface area is 527 Å². The lowest BCUT2D eigenvalue weighted by molar-refractivity contribution is -0.0821. The van der Waals surface area contributed by atoms with E-state index in [2.05, 4.69) is 229 Å². The molecule has 8 aliphatic rings. The van der Waals surface area contributed by atoms with Crippen molar-refractivity contribution in [3.8, 4) is 0 Å². The van der Waals surface area contributed by atoms with Gasteiger partial charge in [-0.25, -0.2) is 0 Å². The van der Waals surface area contributed by atoms with Crippen LogP contribution in [0.1, 0.15) is 314 Å². The van der Waals surface area contributed by atoms with Crippen molar-refractivity contribution in [2.75, 3.05) is 59.8 Å². The second kappa shape index (κ2) is 37.3. The summed E-state index contributed by atoms with van der Waals surface area (Å²) < 4.78 is 27.5. The topological polar surface area (TPSA) is 49.4 Å². The quantitative estimate of drug-likeness (QED) is 0.258. The average molecular weight is 1180 g/mol. The molecule has 3 aliphatic carbocycles. The van der Waals surface area contributed by atoms with E-state index in [1.807, 2.05) is 0 Å². The molecule has 498 valence electrons. The molecular weight excluding hydrogens is 1030 g/mol. The minimum atomic E-state index is 0.286. The number of ether oxygens (including phenoxy) is 5. The van der Waals surface area contributed by atoms with Gasteiger partial charge in [-0.2, -0.15) is 0 Å². The molecule has 5 heterocycles. The molecule has 0 bridgehead atoms. The predicted octanol–water partition coefficient (Wildman–Crippen LogP) is 22.7. The molecule has 4 atom stereocenters. The Morgan fingerprint density at radius 1 is 0.310 bits per heavy atom. The van der Waals surface area contributed by atoms with Crippen molar-refractivity contribution in [2.45, 2.75) is 339 Å². The normalized spacial score (nSPS) is 24.3. The Kier molecular flexibility index (Phi) is 36.0. The van der Waals surface area contributed by atoms with Gasteiger partial charge in [-0.15, -0.1) is 0 Å². The number of hydrogen-bond acceptors (Lipinski definition) is 6. The van der Waals surface area contributed by atoms with Gasteiger partial charge in [0.1, 0.15) is 0 Å². The van der Waals surface area contributed by atoms with Gasteiger partial charge in [0.05, 0.1) is 44.2 Å². The van der Waals surface area contributed by atoms with Crippen LogP contribution < -0.4 is 0 Å². The Bertz CT molecular complexity index is 1650. The summed E-state index contributed by atoms with van der Waals surface area (Å²) in [6, 6.07) is 10.6. The maximum absolute atomic E-state index is 5.67. The minimum absolute atomic E-state index is 0.286. The molecule has 9 rings (SSSR count). The molecule has 5 aliphatic heterocycles. The zero-order valence-corrected chi connectivity index (χ0v) is 62.1. The molecule has 4 unspecified atom stereocenters. The van der Waals surface area contributed by atoms with Crippen LogP contribution in [-0.4, -0.2) is 89.1 Å². The summed E-state index contributed by atoms with van der Waals surface area (Å²) in [6.45, 7) is 69.5. The molecule has 1 aromatic rings. The fraction of sp³-hybridized carbons (Fsp3) is 0.923. The molecule has 84 heavy (non-hydrogen) atoms. The van der Waals surface area contributed by atoms with Gasteiger partial charge >= 0.3 is 0 Å². The molecule has 5 saturated heterocycles. The number of hydrogen-bond donors (Lipinski definition) is 0. The van der Waals surface area contributed by atoms with Crippen molar-refractivity contribution < 1.29 is 23.7 Å². The second-order valence-corrected chi connectivity index (χ2v) is 36.7. The summed E-state index contributed by atoms with van der Waals surface area (Å²) in [7, 11) is 2.15. The fourth-order valence-corrected chi connectivity index (χ4v) is 11.8. The van der Waals surface area contributed by atoms with Crippen LogP contribution in [-0.2, 0) is 29.1 Å². The number of morpholine rings is 1. The molecule has 0 amide bonds. The number of rotatable bonds is 0. The van der Waals surface area contributed by atoms with Crippen LogP contribution in [0.25, 0.3) is 0 Å². The maximum Gasteiger partial charge on any atom is 0.0750 e. The number of nitrogens with zero attached hydrogens (tertiary/aromatic N) is 1. The van der Waals surface area contributed by atoms with Crippen LogP contribution in [0.5, 0.6) is 0 Å². The molecule has 0 N–H and O–H groups in total. The van der Waals surface area contributed by atoms with Crippen LogP contribution in [0.4, 0.5) is 0 Å². The Morgan fingerprint density at radius 3 is 0.810 bits per heavy atom. The average Bonchev–Trinajstić information content (AvgIpc) is 3.81. The minimum Gasteiger partial charge on any atom is -0.381 e.